The average molecular weight is 241 g/mol. The number of hydrogen-bond donors (Lipinski definition) is 3. The lowest BCUT2D eigenvalue weighted by Gasteiger charge is -2.15. The normalized spacial score (nSPS) is 24.0. The van der Waals surface area contributed by atoms with Crippen molar-refractivity contribution in [2.24, 2.45) is 0 Å². The van der Waals surface area contributed by atoms with Crippen LogP contribution in [0.25, 0.3) is 0 Å². The Labute approximate surface area is 95.7 Å². The summed E-state index contributed by atoms with van der Waals surface area (Å²) >= 11 is 0. The lowest BCUT2D eigenvalue weighted by molar-refractivity contribution is -0.384. The minimum Gasteiger partial charge on any atom is -0.389 e. The zero-order valence-electron chi connectivity index (χ0n) is 8.72. The number of anilines is 2. The highest BCUT2D eigenvalue weighted by molar-refractivity contribution is 5.59. The number of nitrogen functional groups attached to an aromatic ring is 1. The molecule has 2 rings (SSSR count). The van der Waals surface area contributed by atoms with Gasteiger partial charge in [-0.25, -0.2) is 4.98 Å². The van der Waals surface area contributed by atoms with Gasteiger partial charge in [0.2, 0.25) is 11.8 Å². The van der Waals surface area contributed by atoms with Crippen LogP contribution in [0.15, 0.2) is 6.20 Å². The highest BCUT2D eigenvalue weighted by atomic mass is 16.6. The maximum atomic E-state index is 10.8. The monoisotopic (exact) mass is 241 g/mol. The maximum Gasteiger partial charge on any atom is 0.329 e. The Hall–Kier alpha value is -2.00. The number of hydrogen-bond acceptors (Lipinski definition) is 8. The quantitative estimate of drug-likeness (QED) is 0.420. The van der Waals surface area contributed by atoms with Crippen LogP contribution >= 0.6 is 0 Å². The summed E-state index contributed by atoms with van der Waals surface area (Å²) < 4.78 is 0. The molecule has 92 valence electrons. The van der Waals surface area contributed by atoms with E-state index in [-0.39, 0.29) is 30.5 Å². The van der Waals surface area contributed by atoms with E-state index in [0.717, 1.165) is 6.20 Å². The number of nitrogens with zero attached hydrogens (tertiary/aromatic N) is 4. The summed E-state index contributed by atoms with van der Waals surface area (Å²) in [5.41, 5.74) is 5.06. The van der Waals surface area contributed by atoms with Gasteiger partial charge in [0.15, 0.2) is 0 Å². The van der Waals surface area contributed by atoms with E-state index in [1.54, 1.807) is 0 Å². The SMILES string of the molecule is Nc1ncc([N+](=O)[O-])c(N2CC(O)C(O)C2)n1. The number of nitrogens with two attached hydrogens (primary N) is 1. The van der Waals surface area contributed by atoms with E-state index in [2.05, 4.69) is 9.97 Å². The number of rotatable bonds is 2. The van der Waals surface area contributed by atoms with E-state index in [0.29, 0.717) is 0 Å². The fourth-order valence-electron chi connectivity index (χ4n) is 1.68. The van der Waals surface area contributed by atoms with Crippen molar-refractivity contribution in [2.45, 2.75) is 12.2 Å². The molecule has 0 aliphatic carbocycles. The van der Waals surface area contributed by atoms with Gasteiger partial charge < -0.3 is 20.8 Å². The van der Waals surface area contributed by atoms with Crippen molar-refractivity contribution in [1.82, 2.24) is 9.97 Å². The highest BCUT2D eigenvalue weighted by Crippen LogP contribution is 2.28. The molecule has 0 saturated carbocycles. The fraction of sp³-hybridized carbons (Fsp3) is 0.500. The Morgan fingerprint density at radius 3 is 2.59 bits per heavy atom. The third-order valence-corrected chi connectivity index (χ3v) is 2.52. The molecule has 1 aliphatic heterocycles. The second kappa shape index (κ2) is 4.11. The first-order valence-electron chi connectivity index (χ1n) is 4.87. The van der Waals surface area contributed by atoms with Crippen molar-refractivity contribution in [3.63, 3.8) is 0 Å². The molecule has 1 aliphatic rings. The smallest absolute Gasteiger partial charge is 0.329 e. The van der Waals surface area contributed by atoms with E-state index in [1.807, 2.05) is 0 Å². The summed E-state index contributed by atoms with van der Waals surface area (Å²) in [7, 11) is 0. The van der Waals surface area contributed by atoms with Crippen molar-refractivity contribution in [2.75, 3.05) is 23.7 Å². The Balaban J connectivity index is 2.37. The van der Waals surface area contributed by atoms with E-state index >= 15 is 0 Å². The Morgan fingerprint density at radius 2 is 2.06 bits per heavy atom. The van der Waals surface area contributed by atoms with Gasteiger partial charge in [-0.1, -0.05) is 0 Å². The molecule has 0 aromatic carbocycles. The van der Waals surface area contributed by atoms with Crippen molar-refractivity contribution in [3.8, 4) is 0 Å². The molecule has 2 unspecified atom stereocenters. The van der Waals surface area contributed by atoms with E-state index in [4.69, 9.17) is 5.73 Å². The predicted molar refractivity (Wildman–Crippen MR) is 57.3 cm³/mol. The Morgan fingerprint density at radius 1 is 1.47 bits per heavy atom. The molecule has 0 spiro atoms. The summed E-state index contributed by atoms with van der Waals surface area (Å²) in [4.78, 5) is 18.9. The molecule has 1 aromatic rings. The van der Waals surface area contributed by atoms with E-state index in [9.17, 15) is 20.3 Å². The standard InChI is InChI=1S/C8H11N5O4/c9-8-10-1-4(13(16)17)7(11-8)12-2-5(14)6(15)3-12/h1,5-6,14-15H,2-3H2,(H2,9,10,11). The van der Waals surface area contributed by atoms with Crippen LogP contribution in [0, 0.1) is 10.1 Å². The molecule has 17 heavy (non-hydrogen) atoms. The predicted octanol–water partition coefficient (Wildman–Crippen LogP) is -1.49. The Kier molecular flexibility index (Phi) is 2.77. The molecule has 0 bridgehead atoms. The molecule has 1 fully saturated rings. The summed E-state index contributed by atoms with van der Waals surface area (Å²) in [6.07, 6.45) is -0.897. The third kappa shape index (κ3) is 2.10. The van der Waals surface area contributed by atoms with Crippen LogP contribution in [0.3, 0.4) is 0 Å². The lowest BCUT2D eigenvalue weighted by atomic mass is 10.3. The fourth-order valence-corrected chi connectivity index (χ4v) is 1.68. The number of nitro groups is 1. The molecule has 2 heterocycles. The van der Waals surface area contributed by atoms with Gasteiger partial charge in [-0.3, -0.25) is 10.1 Å². The van der Waals surface area contributed by atoms with E-state index < -0.39 is 17.1 Å². The van der Waals surface area contributed by atoms with Crippen molar-refractivity contribution in [3.05, 3.63) is 16.3 Å². The first kappa shape index (κ1) is 11.5. The summed E-state index contributed by atoms with van der Waals surface area (Å²) in [6.45, 7) is 0.136. The summed E-state index contributed by atoms with van der Waals surface area (Å²) in [5.74, 6) is -0.0837. The number of β-amino-alcohol motifs (C(OH)–C–C–N with tert-alkyl or cyclic N) is 2. The first-order chi connectivity index (χ1) is 7.99. The van der Waals surface area contributed by atoms with Gasteiger partial charge in [0, 0.05) is 13.1 Å². The summed E-state index contributed by atoms with van der Waals surface area (Å²) in [5, 5.41) is 29.6. The maximum absolute atomic E-state index is 10.8. The molecule has 9 nitrogen and oxygen atoms in total. The number of aliphatic hydroxyl groups excluding tert-OH is 2. The molecule has 4 N–H and O–H groups in total. The molecule has 2 atom stereocenters. The molecule has 0 amide bonds. The number of aliphatic hydroxyl groups is 2. The lowest BCUT2D eigenvalue weighted by Crippen LogP contribution is -2.24. The van der Waals surface area contributed by atoms with Gasteiger partial charge in [-0.05, 0) is 0 Å². The van der Waals surface area contributed by atoms with Crippen LogP contribution in [0.1, 0.15) is 0 Å². The van der Waals surface area contributed by atoms with E-state index in [1.165, 1.54) is 4.90 Å². The average Bonchev–Trinajstić information content (AvgIpc) is 2.58. The summed E-state index contributed by atoms with van der Waals surface area (Å²) in [6, 6.07) is 0. The minimum atomic E-state index is -0.953. The van der Waals surface area contributed by atoms with Gasteiger partial charge in [0.05, 0.1) is 17.1 Å². The minimum absolute atomic E-state index is 0.0121. The van der Waals surface area contributed by atoms with Gasteiger partial charge in [-0.15, -0.1) is 0 Å². The number of aromatic nitrogens is 2. The molecular formula is C8H11N5O4. The first-order valence-corrected chi connectivity index (χ1v) is 4.87. The van der Waals surface area contributed by atoms with Crippen LogP contribution in [0.2, 0.25) is 0 Å². The van der Waals surface area contributed by atoms with Gasteiger partial charge in [0.1, 0.15) is 6.20 Å². The third-order valence-electron chi connectivity index (χ3n) is 2.52. The van der Waals surface area contributed by atoms with Crippen LogP contribution in [-0.4, -0.2) is 50.4 Å². The molecule has 1 saturated heterocycles. The topological polar surface area (TPSA) is 139 Å². The van der Waals surface area contributed by atoms with Crippen molar-refractivity contribution < 1.29 is 15.1 Å². The van der Waals surface area contributed by atoms with Crippen LogP contribution < -0.4 is 10.6 Å². The molecule has 1 aromatic heterocycles. The molecular weight excluding hydrogens is 230 g/mol. The van der Waals surface area contributed by atoms with Crippen LogP contribution in [0.4, 0.5) is 17.5 Å². The largest absolute Gasteiger partial charge is 0.389 e. The second-order valence-electron chi connectivity index (χ2n) is 3.73. The zero-order chi connectivity index (χ0) is 12.6. The second-order valence-corrected chi connectivity index (χ2v) is 3.73. The van der Waals surface area contributed by atoms with Crippen LogP contribution in [0.5, 0.6) is 0 Å². The van der Waals surface area contributed by atoms with Gasteiger partial charge in [0.25, 0.3) is 0 Å². The van der Waals surface area contributed by atoms with Crippen molar-refractivity contribution in [1.29, 1.82) is 0 Å². The van der Waals surface area contributed by atoms with Gasteiger partial charge >= 0.3 is 5.69 Å². The zero-order valence-corrected chi connectivity index (χ0v) is 8.72. The molecule has 0 radical (unpaired) electrons. The van der Waals surface area contributed by atoms with Crippen molar-refractivity contribution >= 4 is 17.5 Å². The Bertz CT molecular complexity index is 444. The van der Waals surface area contributed by atoms with Crippen LogP contribution in [-0.2, 0) is 0 Å². The molecule has 9 heteroatoms. The van der Waals surface area contributed by atoms with Gasteiger partial charge in [-0.2, -0.15) is 4.98 Å². The highest BCUT2D eigenvalue weighted by Gasteiger charge is 2.34.